The van der Waals surface area contributed by atoms with E-state index in [4.69, 9.17) is 0 Å². The molecule has 0 amide bonds. The Kier molecular flexibility index (Phi) is 3.57. The first-order valence-electron chi connectivity index (χ1n) is 5.65. The lowest BCUT2D eigenvalue weighted by Gasteiger charge is -2.34. The van der Waals surface area contributed by atoms with Crippen molar-refractivity contribution in [3.05, 3.63) is 0 Å². The van der Waals surface area contributed by atoms with Crippen LogP contribution in [0.4, 0.5) is 0 Å². The summed E-state index contributed by atoms with van der Waals surface area (Å²) in [4.78, 5) is 11.2. The Bertz CT molecular complexity index is 203. The lowest BCUT2D eigenvalue weighted by Crippen LogP contribution is -2.32. The lowest BCUT2D eigenvalue weighted by molar-refractivity contribution is -0.145. The van der Waals surface area contributed by atoms with Crippen LogP contribution in [0.1, 0.15) is 52.9 Å². The van der Waals surface area contributed by atoms with Gasteiger partial charge in [-0.3, -0.25) is 4.79 Å². The van der Waals surface area contributed by atoms with Gasteiger partial charge in [0.25, 0.3) is 0 Å². The van der Waals surface area contributed by atoms with E-state index in [1.165, 1.54) is 12.8 Å². The fourth-order valence-corrected chi connectivity index (χ4v) is 2.64. The zero-order chi connectivity index (χ0) is 10.8. The van der Waals surface area contributed by atoms with Crippen LogP contribution in [0.2, 0.25) is 0 Å². The van der Waals surface area contributed by atoms with Gasteiger partial charge >= 0.3 is 5.97 Å². The molecule has 14 heavy (non-hydrogen) atoms. The Morgan fingerprint density at radius 2 is 1.71 bits per heavy atom. The van der Waals surface area contributed by atoms with Crippen molar-refractivity contribution in [2.75, 3.05) is 0 Å². The first-order chi connectivity index (χ1) is 6.43. The number of hydrogen-bond acceptors (Lipinski definition) is 1. The second kappa shape index (κ2) is 4.33. The number of rotatable bonds is 1. The maximum Gasteiger partial charge on any atom is 0.306 e. The van der Waals surface area contributed by atoms with Crippen LogP contribution < -0.4 is 0 Å². The van der Waals surface area contributed by atoms with Crippen LogP contribution in [0, 0.1) is 17.3 Å². The summed E-state index contributed by atoms with van der Waals surface area (Å²) in [5, 5.41) is 9.20. The van der Waals surface area contributed by atoms with Gasteiger partial charge in [-0.1, -0.05) is 40.0 Å². The average molecular weight is 198 g/mol. The van der Waals surface area contributed by atoms with E-state index in [-0.39, 0.29) is 11.3 Å². The van der Waals surface area contributed by atoms with Gasteiger partial charge in [-0.05, 0) is 24.2 Å². The molecule has 1 aliphatic rings. The SMILES string of the molecule is CC(C)(C)C1CCCCCC1C(=O)O. The molecular weight excluding hydrogens is 176 g/mol. The van der Waals surface area contributed by atoms with Crippen LogP contribution in [0.3, 0.4) is 0 Å². The minimum Gasteiger partial charge on any atom is -0.481 e. The number of hydrogen-bond donors (Lipinski definition) is 1. The van der Waals surface area contributed by atoms with Crippen molar-refractivity contribution in [1.29, 1.82) is 0 Å². The highest BCUT2D eigenvalue weighted by molar-refractivity contribution is 5.70. The van der Waals surface area contributed by atoms with Crippen molar-refractivity contribution >= 4 is 5.97 Å². The van der Waals surface area contributed by atoms with Gasteiger partial charge in [-0.15, -0.1) is 0 Å². The molecule has 0 aromatic heterocycles. The highest BCUT2D eigenvalue weighted by Gasteiger charge is 2.36. The van der Waals surface area contributed by atoms with Crippen LogP contribution in [0.5, 0.6) is 0 Å². The van der Waals surface area contributed by atoms with Gasteiger partial charge in [0.1, 0.15) is 0 Å². The lowest BCUT2D eigenvalue weighted by atomic mass is 9.71. The minimum absolute atomic E-state index is 0.113. The summed E-state index contributed by atoms with van der Waals surface area (Å²) in [7, 11) is 0. The van der Waals surface area contributed by atoms with E-state index < -0.39 is 5.97 Å². The molecule has 0 bridgehead atoms. The molecule has 2 heteroatoms. The van der Waals surface area contributed by atoms with E-state index in [1.54, 1.807) is 0 Å². The van der Waals surface area contributed by atoms with Gasteiger partial charge in [0.2, 0.25) is 0 Å². The Balaban J connectivity index is 2.79. The third-order valence-corrected chi connectivity index (χ3v) is 3.45. The van der Waals surface area contributed by atoms with E-state index in [0.29, 0.717) is 5.92 Å². The molecule has 0 aliphatic heterocycles. The smallest absolute Gasteiger partial charge is 0.306 e. The normalized spacial score (nSPS) is 29.6. The molecule has 1 fully saturated rings. The first kappa shape index (κ1) is 11.5. The Hall–Kier alpha value is -0.530. The van der Waals surface area contributed by atoms with Crippen molar-refractivity contribution in [2.24, 2.45) is 17.3 Å². The number of carboxylic acid groups (broad SMARTS) is 1. The predicted molar refractivity (Wildman–Crippen MR) is 57.2 cm³/mol. The molecule has 0 aromatic rings. The molecule has 1 saturated carbocycles. The first-order valence-corrected chi connectivity index (χ1v) is 5.65. The number of aliphatic carboxylic acids is 1. The zero-order valence-electron chi connectivity index (χ0n) is 9.55. The molecule has 2 atom stereocenters. The van der Waals surface area contributed by atoms with Crippen LogP contribution in [-0.4, -0.2) is 11.1 Å². The van der Waals surface area contributed by atoms with Crippen molar-refractivity contribution < 1.29 is 9.90 Å². The summed E-state index contributed by atoms with van der Waals surface area (Å²) < 4.78 is 0. The minimum atomic E-state index is -0.591. The Labute approximate surface area is 86.7 Å². The van der Waals surface area contributed by atoms with E-state index in [0.717, 1.165) is 19.3 Å². The molecule has 0 saturated heterocycles. The summed E-state index contributed by atoms with van der Waals surface area (Å²) in [5.41, 5.74) is 0.132. The van der Waals surface area contributed by atoms with Gasteiger partial charge < -0.3 is 5.11 Å². The zero-order valence-corrected chi connectivity index (χ0v) is 9.55. The largest absolute Gasteiger partial charge is 0.481 e. The molecule has 1 rings (SSSR count). The van der Waals surface area contributed by atoms with Gasteiger partial charge in [-0.2, -0.15) is 0 Å². The Morgan fingerprint density at radius 1 is 1.14 bits per heavy atom. The van der Waals surface area contributed by atoms with Gasteiger partial charge in [0.05, 0.1) is 5.92 Å². The van der Waals surface area contributed by atoms with Gasteiger partial charge in [-0.25, -0.2) is 0 Å². The van der Waals surface area contributed by atoms with Gasteiger partial charge in [0.15, 0.2) is 0 Å². The van der Waals surface area contributed by atoms with Crippen molar-refractivity contribution in [3.63, 3.8) is 0 Å². The summed E-state index contributed by atoms with van der Waals surface area (Å²) in [6.07, 6.45) is 5.45. The molecule has 0 heterocycles. The highest BCUT2D eigenvalue weighted by Crippen LogP contribution is 2.40. The van der Waals surface area contributed by atoms with E-state index >= 15 is 0 Å². The Morgan fingerprint density at radius 3 is 2.21 bits per heavy atom. The molecule has 2 nitrogen and oxygen atoms in total. The summed E-state index contributed by atoms with van der Waals surface area (Å²) in [5.74, 6) is -0.355. The monoisotopic (exact) mass is 198 g/mol. The molecule has 0 radical (unpaired) electrons. The predicted octanol–water partition coefficient (Wildman–Crippen LogP) is 3.31. The van der Waals surface area contributed by atoms with Crippen LogP contribution in [0.25, 0.3) is 0 Å². The quantitative estimate of drug-likeness (QED) is 0.656. The van der Waals surface area contributed by atoms with Crippen LogP contribution in [0.15, 0.2) is 0 Å². The highest BCUT2D eigenvalue weighted by atomic mass is 16.4. The van der Waals surface area contributed by atoms with Crippen molar-refractivity contribution in [3.8, 4) is 0 Å². The molecule has 1 aliphatic carbocycles. The number of carbonyl (C=O) groups is 1. The standard InChI is InChI=1S/C12H22O2/c1-12(2,3)10-8-6-4-5-7-9(10)11(13)14/h9-10H,4-8H2,1-3H3,(H,13,14). The summed E-state index contributed by atoms with van der Waals surface area (Å²) >= 11 is 0. The summed E-state index contributed by atoms with van der Waals surface area (Å²) in [6, 6.07) is 0. The maximum atomic E-state index is 11.2. The van der Waals surface area contributed by atoms with Crippen molar-refractivity contribution in [1.82, 2.24) is 0 Å². The van der Waals surface area contributed by atoms with E-state index in [2.05, 4.69) is 20.8 Å². The van der Waals surface area contributed by atoms with E-state index in [9.17, 15) is 9.90 Å². The third kappa shape index (κ3) is 2.73. The second-order valence-corrected chi connectivity index (χ2v) is 5.56. The third-order valence-electron chi connectivity index (χ3n) is 3.45. The topological polar surface area (TPSA) is 37.3 Å². The van der Waals surface area contributed by atoms with Crippen molar-refractivity contribution in [2.45, 2.75) is 52.9 Å². The van der Waals surface area contributed by atoms with Gasteiger partial charge in [0, 0.05) is 0 Å². The molecule has 0 spiro atoms. The van der Waals surface area contributed by atoms with Crippen LogP contribution >= 0.6 is 0 Å². The molecule has 2 unspecified atom stereocenters. The molecular formula is C12H22O2. The fraction of sp³-hybridized carbons (Fsp3) is 0.917. The van der Waals surface area contributed by atoms with Crippen LogP contribution in [-0.2, 0) is 4.79 Å². The summed E-state index contributed by atoms with van der Waals surface area (Å²) in [6.45, 7) is 6.50. The fourth-order valence-electron chi connectivity index (χ4n) is 2.64. The van der Waals surface area contributed by atoms with E-state index in [1.807, 2.05) is 0 Å². The number of carboxylic acids is 1. The average Bonchev–Trinajstić information content (AvgIpc) is 2.26. The maximum absolute atomic E-state index is 11.2. The second-order valence-electron chi connectivity index (χ2n) is 5.56. The molecule has 0 aromatic carbocycles. The molecule has 82 valence electrons. The molecule has 1 N–H and O–H groups in total.